The quantitative estimate of drug-likeness (QED) is 0.487. The second-order valence-corrected chi connectivity index (χ2v) is 3.16. The molecule has 0 fully saturated rings. The van der Waals surface area contributed by atoms with Crippen molar-refractivity contribution < 1.29 is 16.5 Å². The smallest absolute Gasteiger partial charge is 0 e. The maximum absolute atomic E-state index is 3.85. The van der Waals surface area contributed by atoms with Crippen LogP contribution in [0.1, 0.15) is 32.6 Å². The molecule has 1 aliphatic carbocycles. The third-order valence-electron chi connectivity index (χ3n) is 2.23. The molecule has 0 saturated heterocycles. The van der Waals surface area contributed by atoms with E-state index in [1.165, 1.54) is 30.8 Å². The average Bonchev–Trinajstić information content (AvgIpc) is 2.59. The Morgan fingerprint density at radius 1 is 1.62 bits per heavy atom. The van der Waals surface area contributed by atoms with Crippen molar-refractivity contribution in [3.63, 3.8) is 0 Å². The maximum Gasteiger partial charge on any atom is 0 e. The molecule has 0 saturated carbocycles. The zero-order chi connectivity index (χ0) is 8.81. The molecular weight excluding hydrogens is 203 g/mol. The molecule has 0 spiro atoms. The summed E-state index contributed by atoms with van der Waals surface area (Å²) >= 11 is 0. The summed E-state index contributed by atoms with van der Waals surface area (Å²) in [7, 11) is 0. The van der Waals surface area contributed by atoms with Crippen LogP contribution in [0.5, 0.6) is 0 Å². The van der Waals surface area contributed by atoms with E-state index >= 15 is 0 Å². The number of hydrogen-bond acceptors (Lipinski definition) is 0. The molecule has 0 heterocycles. The second-order valence-electron chi connectivity index (χ2n) is 3.16. The van der Waals surface area contributed by atoms with Gasteiger partial charge >= 0.3 is 0 Å². The van der Waals surface area contributed by atoms with E-state index in [2.05, 4.69) is 31.7 Å². The van der Waals surface area contributed by atoms with Crippen molar-refractivity contribution in [2.24, 2.45) is 0 Å². The molecule has 0 unspecified atom stereocenters. The Hall–Kier alpha value is -0.416. The van der Waals surface area contributed by atoms with Gasteiger partial charge in [-0.2, -0.15) is 24.6 Å². The van der Waals surface area contributed by atoms with Crippen LogP contribution in [0, 0.1) is 5.92 Å². The molecule has 1 rings (SSSR count). The molecule has 76 valence electrons. The Labute approximate surface area is 91.7 Å². The predicted molar refractivity (Wildman–Crippen MR) is 54.8 cm³/mol. The molecule has 0 atom stereocenters. The van der Waals surface area contributed by atoms with Crippen LogP contribution in [0.4, 0.5) is 0 Å². The van der Waals surface area contributed by atoms with E-state index in [0.29, 0.717) is 0 Å². The van der Waals surface area contributed by atoms with Gasteiger partial charge in [-0.25, -0.2) is 0 Å². The number of allylic oxidation sites excluding steroid dienone is 5. The van der Waals surface area contributed by atoms with Crippen LogP contribution >= 0.6 is 0 Å². The van der Waals surface area contributed by atoms with E-state index < -0.39 is 0 Å². The molecule has 1 heteroatoms. The topological polar surface area (TPSA) is 0 Å². The van der Waals surface area contributed by atoms with Crippen LogP contribution in [0.3, 0.4) is 0 Å². The van der Waals surface area contributed by atoms with Crippen LogP contribution in [0.2, 0.25) is 0 Å². The first-order valence-corrected chi connectivity index (χ1v) is 4.72. The first-order valence-electron chi connectivity index (χ1n) is 4.72. The van der Waals surface area contributed by atoms with Crippen LogP contribution in [-0.4, -0.2) is 0 Å². The molecule has 0 N–H and O–H groups in total. The summed E-state index contributed by atoms with van der Waals surface area (Å²) in [6, 6.07) is 0. The van der Waals surface area contributed by atoms with E-state index in [0.717, 1.165) is 6.42 Å². The van der Waals surface area contributed by atoms with Crippen molar-refractivity contribution >= 4 is 0 Å². The largest absolute Gasteiger partial charge is 0.194 e. The maximum atomic E-state index is 3.85. The summed E-state index contributed by atoms with van der Waals surface area (Å²) in [6.45, 7) is 6.08. The molecule has 0 nitrogen and oxygen atoms in total. The number of rotatable bonds is 5. The first-order chi connectivity index (χ1) is 5.88. The SMILES string of the molecule is C=C[C-](CCCC)C1=CC=CC1.[Ni]. The van der Waals surface area contributed by atoms with Gasteiger partial charge in [0.05, 0.1) is 0 Å². The average molecular weight is 220 g/mol. The van der Waals surface area contributed by atoms with Gasteiger partial charge < -0.3 is 0 Å². The number of unbranched alkanes of at least 4 members (excludes halogenated alkanes) is 1. The molecule has 0 bridgehead atoms. The molecule has 0 aliphatic heterocycles. The summed E-state index contributed by atoms with van der Waals surface area (Å²) in [5, 5.41) is 0. The van der Waals surface area contributed by atoms with E-state index in [4.69, 9.17) is 0 Å². The minimum atomic E-state index is 0. The van der Waals surface area contributed by atoms with Gasteiger partial charge in [-0.05, 0) is 6.42 Å². The van der Waals surface area contributed by atoms with Crippen molar-refractivity contribution in [2.75, 3.05) is 0 Å². The summed E-state index contributed by atoms with van der Waals surface area (Å²) in [5.74, 6) is 1.43. The van der Waals surface area contributed by atoms with E-state index in [1.54, 1.807) is 0 Å². The summed E-state index contributed by atoms with van der Waals surface area (Å²) < 4.78 is 0. The van der Waals surface area contributed by atoms with Crippen molar-refractivity contribution in [3.05, 3.63) is 42.4 Å². The molecule has 1 aliphatic rings. The van der Waals surface area contributed by atoms with Gasteiger partial charge in [0.25, 0.3) is 0 Å². The molecule has 0 aromatic heterocycles. The Bertz CT molecular complexity index is 201. The Morgan fingerprint density at radius 2 is 2.38 bits per heavy atom. The van der Waals surface area contributed by atoms with Gasteiger partial charge in [0.2, 0.25) is 0 Å². The monoisotopic (exact) mass is 219 g/mol. The van der Waals surface area contributed by atoms with Crippen LogP contribution in [0.25, 0.3) is 0 Å². The van der Waals surface area contributed by atoms with Gasteiger partial charge in [-0.3, -0.25) is 0 Å². The van der Waals surface area contributed by atoms with Crippen molar-refractivity contribution in [3.8, 4) is 0 Å². The van der Waals surface area contributed by atoms with Gasteiger partial charge in [0, 0.05) is 16.5 Å². The van der Waals surface area contributed by atoms with E-state index in [1.807, 2.05) is 6.08 Å². The van der Waals surface area contributed by atoms with Gasteiger partial charge in [0.15, 0.2) is 0 Å². The van der Waals surface area contributed by atoms with E-state index in [9.17, 15) is 0 Å². The molecule has 0 aromatic rings. The van der Waals surface area contributed by atoms with E-state index in [-0.39, 0.29) is 16.5 Å². The fraction of sp³-hybridized carbons (Fsp3) is 0.417. The van der Waals surface area contributed by atoms with Crippen molar-refractivity contribution in [1.82, 2.24) is 0 Å². The standard InChI is InChI=1S/C12H17.Ni/c1-3-5-8-11(4-2)12-9-6-7-10-12;/h4,6-7,9H,2-3,5,8,10H2,1H3;/q-1;. The van der Waals surface area contributed by atoms with Gasteiger partial charge in [-0.1, -0.05) is 32.3 Å². The zero-order valence-electron chi connectivity index (χ0n) is 8.16. The third-order valence-corrected chi connectivity index (χ3v) is 2.23. The predicted octanol–water partition coefficient (Wildman–Crippen LogP) is 3.82. The van der Waals surface area contributed by atoms with Gasteiger partial charge in [0.1, 0.15) is 0 Å². The van der Waals surface area contributed by atoms with Crippen LogP contribution in [-0.2, 0) is 16.5 Å². The minimum Gasteiger partial charge on any atom is -0.194 e. The fourth-order valence-corrected chi connectivity index (χ4v) is 1.45. The minimum absolute atomic E-state index is 0. The normalized spacial score (nSPS) is 13.5. The molecule has 0 aromatic carbocycles. The van der Waals surface area contributed by atoms with Crippen LogP contribution in [0.15, 0.2) is 36.5 Å². The van der Waals surface area contributed by atoms with Crippen molar-refractivity contribution in [2.45, 2.75) is 32.6 Å². The van der Waals surface area contributed by atoms with Gasteiger partial charge in [-0.15, -0.1) is 11.6 Å². The number of hydrogen-bond donors (Lipinski definition) is 0. The Kier molecular flexibility index (Phi) is 6.81. The fourth-order valence-electron chi connectivity index (χ4n) is 1.45. The summed E-state index contributed by atoms with van der Waals surface area (Å²) in [4.78, 5) is 0. The molecule has 13 heavy (non-hydrogen) atoms. The Balaban J connectivity index is 0.00000144. The first kappa shape index (κ1) is 12.6. The third kappa shape index (κ3) is 3.87. The summed E-state index contributed by atoms with van der Waals surface area (Å²) in [6.07, 6.45) is 13.4. The zero-order valence-corrected chi connectivity index (χ0v) is 9.15. The molecule has 0 radical (unpaired) electrons. The van der Waals surface area contributed by atoms with Crippen molar-refractivity contribution in [1.29, 1.82) is 0 Å². The Morgan fingerprint density at radius 3 is 2.85 bits per heavy atom. The summed E-state index contributed by atoms with van der Waals surface area (Å²) in [5.41, 5.74) is 1.46. The second kappa shape index (κ2) is 7.03. The molecule has 0 amide bonds. The molecular formula is C12H17Ni-. The van der Waals surface area contributed by atoms with Crippen LogP contribution < -0.4 is 0 Å².